The molecule has 2 aliphatic heterocycles. The van der Waals surface area contributed by atoms with Crippen molar-refractivity contribution in [2.24, 2.45) is 0 Å². The number of anilines is 1. The Bertz CT molecular complexity index is 873. The van der Waals surface area contributed by atoms with E-state index in [1.807, 2.05) is 0 Å². The van der Waals surface area contributed by atoms with Crippen LogP contribution in [0.5, 0.6) is 0 Å². The van der Waals surface area contributed by atoms with Gasteiger partial charge in [-0.25, -0.2) is 14.8 Å². The van der Waals surface area contributed by atoms with Gasteiger partial charge in [-0.05, 0) is 31.0 Å². The van der Waals surface area contributed by atoms with Gasteiger partial charge in [-0.1, -0.05) is 11.6 Å². The molecule has 0 saturated carbocycles. The van der Waals surface area contributed by atoms with Crippen LogP contribution in [0.1, 0.15) is 35.7 Å². The minimum atomic E-state index is -4.59. The van der Waals surface area contributed by atoms with E-state index in [1.54, 1.807) is 11.1 Å². The number of alkyl halides is 3. The summed E-state index contributed by atoms with van der Waals surface area (Å²) < 4.78 is 39.0. The number of amides is 2. The van der Waals surface area contributed by atoms with E-state index in [9.17, 15) is 18.0 Å². The maximum atomic E-state index is 13.0. The predicted octanol–water partition coefficient (Wildman–Crippen LogP) is 4.44. The molecule has 0 spiro atoms. The zero-order chi connectivity index (χ0) is 18.5. The summed E-state index contributed by atoms with van der Waals surface area (Å²) in [5, 5.41) is 2.17. The Morgan fingerprint density at radius 2 is 2.12 bits per heavy atom. The van der Waals surface area contributed by atoms with Crippen molar-refractivity contribution in [3.8, 4) is 0 Å². The zero-order valence-electron chi connectivity index (χ0n) is 13.4. The molecule has 4 rings (SSSR count). The van der Waals surface area contributed by atoms with E-state index in [0.29, 0.717) is 6.42 Å². The molecular weight excluding hydrogens is 369 g/mol. The van der Waals surface area contributed by atoms with Crippen LogP contribution in [0.3, 0.4) is 0 Å². The molecule has 136 valence electrons. The number of rotatable bonds is 1. The summed E-state index contributed by atoms with van der Waals surface area (Å²) in [5.74, 6) is 0. The number of carbonyl (C=O) groups is 1. The van der Waals surface area contributed by atoms with E-state index < -0.39 is 22.8 Å². The first kappa shape index (κ1) is 17.1. The SMILES string of the molecule is O=C(Nc1ccc(Cl)c(C(F)(F)F)c1)N1[C@H]2CC[C@@H]1c1cncnc1C2. The number of hydrogen-bond donors (Lipinski definition) is 1. The van der Waals surface area contributed by atoms with E-state index in [1.165, 1.54) is 12.4 Å². The van der Waals surface area contributed by atoms with Crippen molar-refractivity contribution in [1.82, 2.24) is 14.9 Å². The van der Waals surface area contributed by atoms with Crippen molar-refractivity contribution in [2.75, 3.05) is 5.32 Å². The molecule has 1 saturated heterocycles. The van der Waals surface area contributed by atoms with Crippen molar-refractivity contribution >= 4 is 23.3 Å². The van der Waals surface area contributed by atoms with Gasteiger partial charge in [0, 0.05) is 29.9 Å². The Morgan fingerprint density at radius 3 is 2.88 bits per heavy atom. The van der Waals surface area contributed by atoms with Gasteiger partial charge < -0.3 is 10.2 Å². The average molecular weight is 383 g/mol. The molecule has 1 aromatic heterocycles. The molecule has 2 atom stereocenters. The number of urea groups is 1. The number of hydrogen-bond acceptors (Lipinski definition) is 3. The fourth-order valence-electron chi connectivity index (χ4n) is 3.74. The number of benzene rings is 1. The summed E-state index contributed by atoms with van der Waals surface area (Å²) in [6.45, 7) is 0. The van der Waals surface area contributed by atoms with Crippen LogP contribution in [0.4, 0.5) is 23.7 Å². The molecule has 26 heavy (non-hydrogen) atoms. The summed E-state index contributed by atoms with van der Waals surface area (Å²) in [5.41, 5.74) is 0.921. The van der Waals surface area contributed by atoms with E-state index in [4.69, 9.17) is 11.6 Å². The Labute approximate surface area is 152 Å². The lowest BCUT2D eigenvalue weighted by atomic mass is 10.00. The normalized spacial score (nSPS) is 21.5. The molecule has 9 heteroatoms. The van der Waals surface area contributed by atoms with Gasteiger partial charge in [0.05, 0.1) is 22.3 Å². The molecule has 0 radical (unpaired) electrons. The minimum Gasteiger partial charge on any atom is -0.314 e. The molecule has 2 amide bonds. The van der Waals surface area contributed by atoms with Gasteiger partial charge in [-0.3, -0.25) is 0 Å². The molecule has 2 aliphatic rings. The number of halogens is 4. The average Bonchev–Trinajstić information content (AvgIpc) is 2.91. The standard InChI is InChI=1S/C17H14ClF3N4O/c18-13-3-1-9(5-12(13)17(19,20)21)24-16(26)25-10-2-4-15(25)11-7-22-8-23-14(11)6-10/h1,3,5,7-8,10,15H,2,4,6H2,(H,24,26)/t10-,15+/m0/s1. The first-order chi connectivity index (χ1) is 12.3. The van der Waals surface area contributed by atoms with Crippen LogP contribution >= 0.6 is 11.6 Å². The van der Waals surface area contributed by atoms with Crippen molar-refractivity contribution in [3.63, 3.8) is 0 Å². The van der Waals surface area contributed by atoms with E-state index >= 15 is 0 Å². The summed E-state index contributed by atoms with van der Waals surface area (Å²) in [4.78, 5) is 22.7. The Balaban J connectivity index is 1.59. The van der Waals surface area contributed by atoms with Crippen LogP contribution in [0.15, 0.2) is 30.7 Å². The van der Waals surface area contributed by atoms with Crippen LogP contribution < -0.4 is 5.32 Å². The van der Waals surface area contributed by atoms with Gasteiger partial charge >= 0.3 is 12.2 Å². The molecule has 1 aromatic carbocycles. The highest BCUT2D eigenvalue weighted by atomic mass is 35.5. The maximum absolute atomic E-state index is 13.0. The van der Waals surface area contributed by atoms with Crippen molar-refractivity contribution in [2.45, 2.75) is 37.5 Å². The lowest BCUT2D eigenvalue weighted by Crippen LogP contribution is -2.44. The van der Waals surface area contributed by atoms with Crippen LogP contribution in [0, 0.1) is 0 Å². The first-order valence-corrected chi connectivity index (χ1v) is 8.47. The first-order valence-electron chi connectivity index (χ1n) is 8.09. The highest BCUT2D eigenvalue weighted by molar-refractivity contribution is 6.31. The smallest absolute Gasteiger partial charge is 0.314 e. The number of fused-ring (bicyclic) bond motifs is 4. The van der Waals surface area contributed by atoms with Gasteiger partial charge in [0.15, 0.2) is 0 Å². The third-order valence-electron chi connectivity index (χ3n) is 4.88. The van der Waals surface area contributed by atoms with E-state index in [0.717, 1.165) is 36.2 Å². The Kier molecular flexibility index (Phi) is 4.02. The predicted molar refractivity (Wildman–Crippen MR) is 88.8 cm³/mol. The van der Waals surface area contributed by atoms with Crippen molar-refractivity contribution < 1.29 is 18.0 Å². The quantitative estimate of drug-likeness (QED) is 0.793. The van der Waals surface area contributed by atoms with Gasteiger partial charge in [-0.15, -0.1) is 0 Å². The largest absolute Gasteiger partial charge is 0.417 e. The van der Waals surface area contributed by atoms with Crippen molar-refractivity contribution in [3.05, 3.63) is 52.6 Å². The number of carbonyl (C=O) groups excluding carboxylic acids is 1. The highest BCUT2D eigenvalue weighted by Gasteiger charge is 2.43. The Morgan fingerprint density at radius 1 is 1.31 bits per heavy atom. The zero-order valence-corrected chi connectivity index (χ0v) is 14.2. The summed E-state index contributed by atoms with van der Waals surface area (Å²) in [6.07, 6.45) is 0.837. The van der Waals surface area contributed by atoms with Crippen LogP contribution in [-0.4, -0.2) is 26.9 Å². The van der Waals surface area contributed by atoms with Gasteiger partial charge in [0.2, 0.25) is 0 Å². The molecule has 1 fully saturated rings. The third kappa shape index (κ3) is 2.88. The Hall–Kier alpha value is -2.35. The van der Waals surface area contributed by atoms with E-state index in [-0.39, 0.29) is 17.8 Å². The summed E-state index contributed by atoms with van der Waals surface area (Å²) in [7, 11) is 0. The highest BCUT2D eigenvalue weighted by Crippen LogP contribution is 2.43. The maximum Gasteiger partial charge on any atom is 0.417 e. The molecule has 0 aliphatic carbocycles. The van der Waals surface area contributed by atoms with Gasteiger partial charge in [0.25, 0.3) is 0 Å². The second-order valence-electron chi connectivity index (χ2n) is 6.41. The molecular formula is C17H14ClF3N4O. The van der Waals surface area contributed by atoms with Gasteiger partial charge in [0.1, 0.15) is 6.33 Å². The molecule has 3 heterocycles. The van der Waals surface area contributed by atoms with E-state index in [2.05, 4.69) is 15.3 Å². The minimum absolute atomic E-state index is 0.0169. The molecule has 2 bridgehead atoms. The second kappa shape index (κ2) is 6.12. The monoisotopic (exact) mass is 382 g/mol. The number of nitrogens with zero attached hydrogens (tertiary/aromatic N) is 3. The summed E-state index contributed by atoms with van der Waals surface area (Å²) in [6, 6.07) is 2.74. The lowest BCUT2D eigenvalue weighted by molar-refractivity contribution is -0.137. The number of nitrogens with one attached hydrogen (secondary N) is 1. The van der Waals surface area contributed by atoms with Crippen molar-refractivity contribution in [1.29, 1.82) is 0 Å². The molecule has 0 unspecified atom stereocenters. The number of aromatic nitrogens is 2. The van der Waals surface area contributed by atoms with Crippen LogP contribution in [0.2, 0.25) is 5.02 Å². The molecule has 5 nitrogen and oxygen atoms in total. The van der Waals surface area contributed by atoms with Crippen LogP contribution in [0.25, 0.3) is 0 Å². The summed E-state index contributed by atoms with van der Waals surface area (Å²) >= 11 is 5.62. The molecule has 1 N–H and O–H groups in total. The van der Waals surface area contributed by atoms with Gasteiger partial charge in [-0.2, -0.15) is 13.2 Å². The fraction of sp³-hybridized carbons (Fsp3) is 0.353. The molecule has 2 aromatic rings. The fourth-order valence-corrected chi connectivity index (χ4v) is 3.97. The second-order valence-corrected chi connectivity index (χ2v) is 6.81. The third-order valence-corrected chi connectivity index (χ3v) is 5.20. The van der Waals surface area contributed by atoms with Crippen LogP contribution in [-0.2, 0) is 12.6 Å². The lowest BCUT2D eigenvalue weighted by Gasteiger charge is -2.35. The topological polar surface area (TPSA) is 58.1 Å².